The van der Waals surface area contributed by atoms with Gasteiger partial charge in [0.05, 0.1) is 30.0 Å². The van der Waals surface area contributed by atoms with Gasteiger partial charge in [-0.15, -0.1) is 0 Å². The van der Waals surface area contributed by atoms with Crippen molar-refractivity contribution in [1.29, 1.82) is 0 Å². The number of morpholine rings is 1. The lowest BCUT2D eigenvalue weighted by Gasteiger charge is -2.28. The molecule has 2 N–H and O–H groups in total. The van der Waals surface area contributed by atoms with Crippen molar-refractivity contribution >= 4 is 32.6 Å². The van der Waals surface area contributed by atoms with E-state index in [1.165, 1.54) is 6.26 Å². The van der Waals surface area contributed by atoms with Gasteiger partial charge >= 0.3 is 0 Å². The molecule has 1 aliphatic heterocycles. The second kappa shape index (κ2) is 8.92. The Kier molecular flexibility index (Phi) is 5.80. The summed E-state index contributed by atoms with van der Waals surface area (Å²) >= 11 is 0. The van der Waals surface area contributed by atoms with Crippen LogP contribution in [0, 0.1) is 0 Å². The van der Waals surface area contributed by atoms with E-state index in [1.807, 2.05) is 24.3 Å². The largest absolute Gasteiger partial charge is 0.378 e. The number of pyridine rings is 1. The summed E-state index contributed by atoms with van der Waals surface area (Å²) in [5.41, 5.74) is 10.0. The maximum Gasteiger partial charge on any atom is 0.219 e. The predicted molar refractivity (Wildman–Crippen MR) is 130 cm³/mol. The van der Waals surface area contributed by atoms with Gasteiger partial charge in [-0.3, -0.25) is 4.98 Å². The first-order valence-electron chi connectivity index (χ1n) is 10.7. The maximum atomic E-state index is 11.7. The number of anilines is 2. The van der Waals surface area contributed by atoms with Crippen LogP contribution in [0.1, 0.15) is 5.56 Å². The summed E-state index contributed by atoms with van der Waals surface area (Å²) in [7, 11) is -3.14. The van der Waals surface area contributed by atoms with Crippen molar-refractivity contribution in [3.8, 4) is 22.5 Å². The van der Waals surface area contributed by atoms with Crippen molar-refractivity contribution in [3.05, 3.63) is 54.5 Å². The fourth-order valence-electron chi connectivity index (χ4n) is 3.88. The van der Waals surface area contributed by atoms with Gasteiger partial charge in [0.15, 0.2) is 21.5 Å². The molecule has 1 fully saturated rings. The number of sulfone groups is 1. The fraction of sp³-hybridized carbons (Fsp3) is 0.261. The zero-order valence-corrected chi connectivity index (χ0v) is 19.4. The van der Waals surface area contributed by atoms with Gasteiger partial charge in [0.2, 0.25) is 5.95 Å². The minimum absolute atomic E-state index is 0.0213. The number of hydrogen-bond acceptors (Lipinski definition) is 10. The van der Waals surface area contributed by atoms with Crippen molar-refractivity contribution in [2.75, 3.05) is 43.2 Å². The summed E-state index contributed by atoms with van der Waals surface area (Å²) < 4.78 is 29.0. The molecule has 10 nitrogen and oxygen atoms in total. The molecular formula is C23H23N7O3S. The molecule has 0 atom stereocenters. The molecule has 0 saturated carbocycles. The highest BCUT2D eigenvalue weighted by Crippen LogP contribution is 2.30. The van der Waals surface area contributed by atoms with Crippen LogP contribution in [0.4, 0.5) is 11.8 Å². The lowest BCUT2D eigenvalue weighted by Crippen LogP contribution is -2.37. The van der Waals surface area contributed by atoms with Crippen molar-refractivity contribution in [1.82, 2.24) is 24.9 Å². The molecule has 0 bridgehead atoms. The summed E-state index contributed by atoms with van der Waals surface area (Å²) in [6, 6.07) is 9.37. The van der Waals surface area contributed by atoms with Crippen LogP contribution >= 0.6 is 0 Å². The normalized spacial score (nSPS) is 14.4. The number of fused-ring (bicyclic) bond motifs is 1. The molecule has 4 heterocycles. The molecule has 1 aromatic carbocycles. The Hall–Kier alpha value is -3.70. The van der Waals surface area contributed by atoms with E-state index < -0.39 is 9.84 Å². The first kappa shape index (κ1) is 22.1. The Bertz CT molecular complexity index is 1450. The SMILES string of the molecule is CS(=O)(=O)Cc1cccc(-c2cnc3c(N4CCOCC4)nc(-c4cnc(N)nc4)nc3c2)c1. The van der Waals surface area contributed by atoms with Gasteiger partial charge < -0.3 is 15.4 Å². The number of ether oxygens (including phenoxy) is 1. The van der Waals surface area contributed by atoms with Gasteiger partial charge in [-0.2, -0.15) is 0 Å². The number of rotatable bonds is 5. The standard InChI is InChI=1S/C23H23N7O3S/c1-34(31,32)14-15-3-2-4-16(9-15)17-10-19-20(25-11-17)22(30-5-7-33-8-6-30)29-21(28-19)18-12-26-23(24)27-13-18/h2-4,9-13H,5-8,14H2,1H3,(H2,24,26,27). The Labute approximate surface area is 196 Å². The molecule has 5 rings (SSSR count). The minimum atomic E-state index is -3.14. The lowest BCUT2D eigenvalue weighted by molar-refractivity contribution is 0.122. The smallest absolute Gasteiger partial charge is 0.219 e. The third kappa shape index (κ3) is 4.80. The van der Waals surface area contributed by atoms with E-state index in [4.69, 9.17) is 25.4 Å². The molecule has 1 aliphatic rings. The first-order valence-corrected chi connectivity index (χ1v) is 12.8. The summed E-state index contributed by atoms with van der Waals surface area (Å²) in [5.74, 6) is 1.35. The Morgan fingerprint density at radius 1 is 0.971 bits per heavy atom. The van der Waals surface area contributed by atoms with E-state index in [1.54, 1.807) is 24.7 Å². The molecule has 0 radical (unpaired) electrons. The molecule has 0 spiro atoms. The van der Waals surface area contributed by atoms with E-state index in [2.05, 4.69) is 14.9 Å². The van der Waals surface area contributed by atoms with Crippen LogP contribution in [0.2, 0.25) is 0 Å². The number of benzene rings is 1. The number of nitrogen functional groups attached to an aromatic ring is 1. The van der Waals surface area contributed by atoms with Crippen LogP contribution in [0.15, 0.2) is 48.9 Å². The second-order valence-corrected chi connectivity index (χ2v) is 10.3. The first-order chi connectivity index (χ1) is 16.4. The minimum Gasteiger partial charge on any atom is -0.378 e. The Morgan fingerprint density at radius 3 is 2.44 bits per heavy atom. The molecule has 1 saturated heterocycles. The monoisotopic (exact) mass is 477 g/mol. The molecule has 0 aliphatic carbocycles. The van der Waals surface area contributed by atoms with Crippen LogP contribution < -0.4 is 10.6 Å². The zero-order valence-electron chi connectivity index (χ0n) is 18.5. The van der Waals surface area contributed by atoms with E-state index in [0.717, 1.165) is 22.5 Å². The van der Waals surface area contributed by atoms with E-state index in [0.29, 0.717) is 48.7 Å². The summed E-state index contributed by atoms with van der Waals surface area (Å²) in [5, 5.41) is 0. The molecule has 11 heteroatoms. The maximum absolute atomic E-state index is 11.7. The quantitative estimate of drug-likeness (QED) is 0.455. The molecule has 174 valence electrons. The van der Waals surface area contributed by atoms with Gasteiger partial charge in [-0.05, 0) is 17.2 Å². The van der Waals surface area contributed by atoms with Crippen LogP contribution in [-0.4, -0.2) is 65.9 Å². The topological polar surface area (TPSA) is 137 Å². The highest BCUT2D eigenvalue weighted by Gasteiger charge is 2.20. The van der Waals surface area contributed by atoms with Gasteiger partial charge in [0, 0.05) is 43.5 Å². The van der Waals surface area contributed by atoms with Gasteiger partial charge in [-0.25, -0.2) is 28.4 Å². The summed E-state index contributed by atoms with van der Waals surface area (Å²) in [6.07, 6.45) is 6.18. The molecule has 4 aromatic rings. The van der Waals surface area contributed by atoms with Crippen LogP contribution in [0.25, 0.3) is 33.5 Å². The van der Waals surface area contributed by atoms with E-state index in [9.17, 15) is 8.42 Å². The number of aromatic nitrogens is 5. The fourth-order valence-corrected chi connectivity index (χ4v) is 4.67. The van der Waals surface area contributed by atoms with Crippen LogP contribution in [0.3, 0.4) is 0 Å². The van der Waals surface area contributed by atoms with Gasteiger partial charge in [0.1, 0.15) is 5.52 Å². The number of nitrogens with two attached hydrogens (primary N) is 1. The van der Waals surface area contributed by atoms with E-state index in [-0.39, 0.29) is 11.7 Å². The van der Waals surface area contributed by atoms with Gasteiger partial charge in [-0.1, -0.05) is 24.3 Å². The average molecular weight is 478 g/mol. The molecular weight excluding hydrogens is 454 g/mol. The van der Waals surface area contributed by atoms with Crippen molar-refractivity contribution in [2.24, 2.45) is 0 Å². The third-order valence-electron chi connectivity index (χ3n) is 5.45. The molecule has 3 aromatic heterocycles. The zero-order chi connectivity index (χ0) is 23.7. The van der Waals surface area contributed by atoms with Crippen molar-refractivity contribution < 1.29 is 13.2 Å². The highest BCUT2D eigenvalue weighted by molar-refractivity contribution is 7.89. The molecule has 0 amide bonds. The third-order valence-corrected chi connectivity index (χ3v) is 6.31. The van der Waals surface area contributed by atoms with Crippen molar-refractivity contribution in [3.63, 3.8) is 0 Å². The Balaban J connectivity index is 1.63. The van der Waals surface area contributed by atoms with Gasteiger partial charge in [0.25, 0.3) is 0 Å². The number of nitrogens with zero attached hydrogens (tertiary/aromatic N) is 6. The predicted octanol–water partition coefficient (Wildman–Crippen LogP) is 2.11. The molecule has 0 unspecified atom stereocenters. The Morgan fingerprint density at radius 2 is 1.71 bits per heavy atom. The van der Waals surface area contributed by atoms with E-state index >= 15 is 0 Å². The lowest BCUT2D eigenvalue weighted by atomic mass is 10.0. The van der Waals surface area contributed by atoms with Crippen molar-refractivity contribution in [2.45, 2.75) is 5.75 Å². The summed E-state index contributed by atoms with van der Waals surface area (Å²) in [4.78, 5) is 24.5. The average Bonchev–Trinajstić information content (AvgIpc) is 2.83. The summed E-state index contributed by atoms with van der Waals surface area (Å²) in [6.45, 7) is 2.61. The highest BCUT2D eigenvalue weighted by atomic mass is 32.2. The second-order valence-electron chi connectivity index (χ2n) is 8.16. The van der Waals surface area contributed by atoms with Crippen LogP contribution in [0.5, 0.6) is 0 Å². The number of hydrogen-bond donors (Lipinski definition) is 1. The van der Waals surface area contributed by atoms with Crippen LogP contribution in [-0.2, 0) is 20.3 Å². The molecule has 34 heavy (non-hydrogen) atoms.